The van der Waals surface area contributed by atoms with E-state index in [9.17, 15) is 26.0 Å². The SMILES string of the molecule is CCS(=O)(=O)c1cc(C(F)(F)F)cnc1-c1nnc(-c2ccc(F)cc2Cl)n1C. The number of rotatable bonds is 4. The lowest BCUT2D eigenvalue weighted by molar-refractivity contribution is -0.138. The fourth-order valence-corrected chi connectivity index (χ4v) is 3.91. The molecule has 0 spiro atoms. The van der Waals surface area contributed by atoms with Gasteiger partial charge in [-0.1, -0.05) is 18.5 Å². The van der Waals surface area contributed by atoms with Crippen LogP contribution in [0.1, 0.15) is 12.5 Å². The zero-order valence-corrected chi connectivity index (χ0v) is 16.6. The molecule has 0 amide bonds. The molecule has 3 aromatic rings. The maximum atomic E-state index is 13.3. The van der Waals surface area contributed by atoms with E-state index in [1.807, 2.05) is 0 Å². The summed E-state index contributed by atoms with van der Waals surface area (Å²) in [4.78, 5) is 3.11. The van der Waals surface area contributed by atoms with Gasteiger partial charge in [-0.2, -0.15) is 13.2 Å². The number of halogens is 5. The van der Waals surface area contributed by atoms with E-state index in [1.165, 1.54) is 24.6 Å². The molecule has 1 aromatic carbocycles. The Labute approximate surface area is 168 Å². The summed E-state index contributed by atoms with van der Waals surface area (Å²) in [5, 5.41) is 7.84. The van der Waals surface area contributed by atoms with Crippen molar-refractivity contribution in [1.82, 2.24) is 19.7 Å². The second-order valence-electron chi connectivity index (χ2n) is 6.00. The third-order valence-electron chi connectivity index (χ3n) is 4.15. The predicted octanol–water partition coefficient (Wildman–Crippen LogP) is 4.15. The number of sulfone groups is 1. The van der Waals surface area contributed by atoms with Crippen molar-refractivity contribution in [3.05, 3.63) is 46.9 Å². The minimum Gasteiger partial charge on any atom is -0.309 e. The Kier molecular flexibility index (Phi) is 5.39. The second-order valence-corrected chi connectivity index (χ2v) is 8.66. The number of pyridine rings is 1. The fraction of sp³-hybridized carbons (Fsp3) is 0.235. The van der Waals surface area contributed by atoms with Gasteiger partial charge in [0, 0.05) is 18.8 Å². The molecule has 0 saturated heterocycles. The quantitative estimate of drug-likeness (QED) is 0.560. The average Bonchev–Trinajstić information content (AvgIpc) is 3.01. The Morgan fingerprint density at radius 2 is 1.79 bits per heavy atom. The first-order chi connectivity index (χ1) is 13.5. The summed E-state index contributed by atoms with van der Waals surface area (Å²) in [6.07, 6.45) is -4.24. The van der Waals surface area contributed by atoms with Crippen LogP contribution < -0.4 is 0 Å². The zero-order chi connectivity index (χ0) is 21.6. The highest BCUT2D eigenvalue weighted by Gasteiger charge is 2.34. The molecule has 0 aliphatic rings. The second kappa shape index (κ2) is 7.38. The molecule has 0 aliphatic carbocycles. The highest BCUT2D eigenvalue weighted by atomic mass is 35.5. The third-order valence-corrected chi connectivity index (χ3v) is 6.21. The predicted molar refractivity (Wildman–Crippen MR) is 97.4 cm³/mol. The molecule has 0 saturated carbocycles. The zero-order valence-electron chi connectivity index (χ0n) is 15.0. The van der Waals surface area contributed by atoms with Crippen molar-refractivity contribution < 1.29 is 26.0 Å². The number of nitrogens with zero attached hydrogens (tertiary/aromatic N) is 4. The van der Waals surface area contributed by atoms with Crippen LogP contribution in [-0.2, 0) is 23.1 Å². The Morgan fingerprint density at radius 3 is 2.38 bits per heavy atom. The molecule has 6 nitrogen and oxygen atoms in total. The summed E-state index contributed by atoms with van der Waals surface area (Å²) in [5.41, 5.74) is -1.17. The highest BCUT2D eigenvalue weighted by molar-refractivity contribution is 7.91. The van der Waals surface area contributed by atoms with Gasteiger partial charge in [-0.05, 0) is 24.3 Å². The van der Waals surface area contributed by atoms with Crippen LogP contribution in [0.2, 0.25) is 5.02 Å². The van der Waals surface area contributed by atoms with Gasteiger partial charge in [0.2, 0.25) is 0 Å². The third kappa shape index (κ3) is 3.97. The van der Waals surface area contributed by atoms with Gasteiger partial charge >= 0.3 is 6.18 Å². The van der Waals surface area contributed by atoms with E-state index in [0.29, 0.717) is 17.8 Å². The molecule has 0 radical (unpaired) electrons. The molecule has 12 heteroatoms. The Hall–Kier alpha value is -2.53. The Morgan fingerprint density at radius 1 is 1.14 bits per heavy atom. The lowest BCUT2D eigenvalue weighted by Gasteiger charge is -2.12. The summed E-state index contributed by atoms with van der Waals surface area (Å²) in [6.45, 7) is 1.31. The van der Waals surface area contributed by atoms with E-state index in [2.05, 4.69) is 15.2 Å². The molecule has 0 fully saturated rings. The smallest absolute Gasteiger partial charge is 0.309 e. The van der Waals surface area contributed by atoms with Crippen molar-refractivity contribution in [2.75, 3.05) is 5.75 Å². The van der Waals surface area contributed by atoms with Crippen molar-refractivity contribution in [1.29, 1.82) is 0 Å². The number of hydrogen-bond donors (Lipinski definition) is 0. The van der Waals surface area contributed by atoms with Gasteiger partial charge in [0.1, 0.15) is 11.5 Å². The largest absolute Gasteiger partial charge is 0.417 e. The Bertz CT molecular complexity index is 1190. The van der Waals surface area contributed by atoms with Crippen LogP contribution in [-0.4, -0.2) is 33.9 Å². The van der Waals surface area contributed by atoms with E-state index in [-0.39, 0.29) is 22.4 Å². The Balaban J connectivity index is 2.23. The van der Waals surface area contributed by atoms with Gasteiger partial charge in [0.05, 0.1) is 21.2 Å². The van der Waals surface area contributed by atoms with Crippen molar-refractivity contribution in [3.8, 4) is 22.9 Å². The summed E-state index contributed by atoms with van der Waals surface area (Å²) in [7, 11) is -2.60. The molecule has 0 atom stereocenters. The topological polar surface area (TPSA) is 77.7 Å². The molecule has 29 heavy (non-hydrogen) atoms. The summed E-state index contributed by atoms with van der Waals surface area (Å²) < 4.78 is 78.7. The molecule has 2 aromatic heterocycles. The highest BCUT2D eigenvalue weighted by Crippen LogP contribution is 2.35. The van der Waals surface area contributed by atoms with E-state index < -0.39 is 38.0 Å². The van der Waals surface area contributed by atoms with Crippen molar-refractivity contribution in [2.45, 2.75) is 18.0 Å². The molecule has 2 heterocycles. The van der Waals surface area contributed by atoms with Gasteiger partial charge in [-0.15, -0.1) is 10.2 Å². The number of hydrogen-bond acceptors (Lipinski definition) is 5. The molecule has 0 N–H and O–H groups in total. The van der Waals surface area contributed by atoms with Gasteiger partial charge in [0.15, 0.2) is 21.5 Å². The first kappa shape index (κ1) is 21.2. The summed E-state index contributed by atoms with van der Waals surface area (Å²) in [5.74, 6) is -0.924. The monoisotopic (exact) mass is 448 g/mol. The van der Waals surface area contributed by atoms with Gasteiger partial charge in [0.25, 0.3) is 0 Å². The maximum Gasteiger partial charge on any atom is 0.417 e. The molecule has 0 aliphatic heterocycles. The minimum atomic E-state index is -4.77. The molecule has 3 rings (SSSR count). The molecule has 0 unspecified atom stereocenters. The van der Waals surface area contributed by atoms with Gasteiger partial charge < -0.3 is 4.57 Å². The first-order valence-corrected chi connectivity index (χ1v) is 10.1. The normalized spacial score (nSPS) is 12.4. The van der Waals surface area contributed by atoms with Crippen LogP contribution in [0.3, 0.4) is 0 Å². The van der Waals surface area contributed by atoms with Crippen LogP contribution in [0.25, 0.3) is 22.9 Å². The number of aromatic nitrogens is 4. The van der Waals surface area contributed by atoms with Crippen LogP contribution in [0.5, 0.6) is 0 Å². The van der Waals surface area contributed by atoms with Crippen molar-refractivity contribution >= 4 is 21.4 Å². The summed E-state index contributed by atoms with van der Waals surface area (Å²) >= 11 is 6.03. The van der Waals surface area contributed by atoms with Crippen LogP contribution >= 0.6 is 11.6 Å². The van der Waals surface area contributed by atoms with E-state index >= 15 is 0 Å². The van der Waals surface area contributed by atoms with Crippen LogP contribution in [0.4, 0.5) is 17.6 Å². The van der Waals surface area contributed by atoms with Crippen LogP contribution in [0, 0.1) is 5.82 Å². The summed E-state index contributed by atoms with van der Waals surface area (Å²) in [6, 6.07) is 4.10. The van der Waals surface area contributed by atoms with Gasteiger partial charge in [-0.3, -0.25) is 4.98 Å². The minimum absolute atomic E-state index is 0.0360. The molecular weight excluding hydrogens is 436 g/mol. The van der Waals surface area contributed by atoms with E-state index in [1.54, 1.807) is 0 Å². The molecule has 154 valence electrons. The van der Waals surface area contributed by atoms with Gasteiger partial charge in [-0.25, -0.2) is 12.8 Å². The lowest BCUT2D eigenvalue weighted by Crippen LogP contribution is -2.13. The lowest BCUT2D eigenvalue weighted by atomic mass is 10.2. The van der Waals surface area contributed by atoms with E-state index in [4.69, 9.17) is 11.6 Å². The standard InChI is InChI=1S/C17H13ClF4N4O2S/c1-3-29(27,28)13-6-9(17(20,21)22)8-23-14(13)16-25-24-15(26(16)2)11-5-4-10(19)7-12(11)18/h4-8H,3H2,1-2H3. The number of alkyl halides is 3. The average molecular weight is 449 g/mol. The van der Waals surface area contributed by atoms with Crippen molar-refractivity contribution in [3.63, 3.8) is 0 Å². The van der Waals surface area contributed by atoms with Crippen molar-refractivity contribution in [2.24, 2.45) is 7.05 Å². The fourth-order valence-electron chi connectivity index (χ4n) is 2.60. The molecular formula is C17H13ClF4N4O2S. The molecule has 0 bridgehead atoms. The van der Waals surface area contributed by atoms with E-state index in [0.717, 1.165) is 12.1 Å². The first-order valence-electron chi connectivity index (χ1n) is 8.11. The maximum absolute atomic E-state index is 13.3. The van der Waals surface area contributed by atoms with Crippen LogP contribution in [0.15, 0.2) is 35.4 Å². The number of benzene rings is 1.